The molecule has 58 valence electrons. The van der Waals surface area contributed by atoms with Crippen molar-refractivity contribution in [1.29, 1.82) is 0 Å². The Morgan fingerprint density at radius 2 is 2.18 bits per heavy atom. The third-order valence-corrected chi connectivity index (χ3v) is 1.88. The first-order chi connectivity index (χ1) is 5.22. The average Bonchev–Trinajstić information content (AvgIpc) is 2.05. The molecule has 0 aliphatic rings. The lowest BCUT2D eigenvalue weighted by molar-refractivity contribution is 0.627. The molecule has 1 aromatic rings. The molecule has 1 aromatic heterocycles. The molecule has 0 bridgehead atoms. The Hall–Kier alpha value is -1.23. The first kappa shape index (κ1) is 7.87. The van der Waals surface area contributed by atoms with E-state index in [9.17, 15) is 8.42 Å². The molecule has 0 aliphatic heterocycles. The largest absolute Gasteiger partial charge is 0.261 e. The summed E-state index contributed by atoms with van der Waals surface area (Å²) in [6.07, 6.45) is 4.35. The molecule has 0 amide bonds. The lowest BCUT2D eigenvalue weighted by Gasteiger charge is -1.90. The van der Waals surface area contributed by atoms with Gasteiger partial charge in [-0.25, -0.2) is 0 Å². The van der Waals surface area contributed by atoms with Gasteiger partial charge in [0.1, 0.15) is 0 Å². The molecule has 0 fully saturated rings. The van der Waals surface area contributed by atoms with Crippen molar-refractivity contribution < 1.29 is 8.42 Å². The molecule has 0 saturated heterocycles. The van der Waals surface area contributed by atoms with Crippen molar-refractivity contribution in [3.63, 3.8) is 0 Å². The molecule has 0 spiro atoms. The van der Waals surface area contributed by atoms with Crippen molar-refractivity contribution >= 4 is 15.2 Å². The third-order valence-electron chi connectivity index (χ3n) is 1.17. The van der Waals surface area contributed by atoms with Gasteiger partial charge in [0.25, 0.3) is 0 Å². The summed E-state index contributed by atoms with van der Waals surface area (Å²) >= 11 is 0. The zero-order chi connectivity index (χ0) is 8.27. The van der Waals surface area contributed by atoms with Crippen molar-refractivity contribution in [2.24, 2.45) is 0 Å². The van der Waals surface area contributed by atoms with Crippen LogP contribution in [0.1, 0.15) is 12.6 Å². The minimum absolute atomic E-state index is 0.207. The van der Waals surface area contributed by atoms with Gasteiger partial charge in [0.2, 0.25) is 10.3 Å². The van der Waals surface area contributed by atoms with Crippen LogP contribution in [0.15, 0.2) is 18.6 Å². The predicted molar refractivity (Wildman–Crippen MR) is 40.7 cm³/mol. The fourth-order valence-corrected chi connectivity index (χ4v) is 0.842. The molecule has 0 N–H and O–H groups in total. The first-order valence-corrected chi connectivity index (χ1v) is 3.98. The normalized spacial score (nSPS) is 9.18. The van der Waals surface area contributed by atoms with Crippen LogP contribution in [-0.2, 0) is 10.3 Å². The first-order valence-electron chi connectivity index (χ1n) is 2.91. The maximum Gasteiger partial charge on any atom is 0.219 e. The summed E-state index contributed by atoms with van der Waals surface area (Å²) in [6, 6.07) is 0. The maximum atomic E-state index is 10.4. The van der Waals surface area contributed by atoms with E-state index >= 15 is 0 Å². The van der Waals surface area contributed by atoms with Crippen LogP contribution >= 0.6 is 0 Å². The number of hydrogen-bond donors (Lipinski definition) is 0. The van der Waals surface area contributed by atoms with E-state index in [2.05, 4.69) is 9.97 Å². The topological polar surface area (TPSA) is 59.9 Å². The van der Waals surface area contributed by atoms with E-state index in [0.717, 1.165) is 0 Å². The van der Waals surface area contributed by atoms with E-state index in [4.69, 9.17) is 0 Å². The molecule has 1 rings (SSSR count). The number of aromatic nitrogens is 2. The van der Waals surface area contributed by atoms with Crippen molar-refractivity contribution in [1.82, 2.24) is 9.97 Å². The van der Waals surface area contributed by atoms with Crippen LogP contribution in [0.5, 0.6) is 0 Å². The van der Waals surface area contributed by atoms with Gasteiger partial charge < -0.3 is 0 Å². The summed E-state index contributed by atoms with van der Waals surface area (Å²) < 4.78 is 20.8. The molecule has 5 heteroatoms. The molecule has 0 atom stereocenters. The summed E-state index contributed by atoms with van der Waals surface area (Å²) in [6.45, 7) is 1.48. The van der Waals surface area contributed by atoms with Crippen LogP contribution < -0.4 is 0 Å². The molecule has 11 heavy (non-hydrogen) atoms. The summed E-state index contributed by atoms with van der Waals surface area (Å²) in [4.78, 5) is 7.75. The zero-order valence-electron chi connectivity index (χ0n) is 5.85. The molecule has 1 heterocycles. The van der Waals surface area contributed by atoms with Crippen LogP contribution in [0, 0.1) is 0 Å². The molecule has 4 nitrogen and oxygen atoms in total. The van der Waals surface area contributed by atoms with Crippen molar-refractivity contribution in [2.75, 3.05) is 0 Å². The maximum absolute atomic E-state index is 10.4. The minimum Gasteiger partial charge on any atom is -0.261 e. The fraction of sp³-hybridized carbons (Fsp3) is 0.167. The van der Waals surface area contributed by atoms with E-state index in [0.29, 0.717) is 5.69 Å². The van der Waals surface area contributed by atoms with E-state index in [1.807, 2.05) is 0 Å². The highest BCUT2D eigenvalue weighted by Crippen LogP contribution is 1.90. The molecular weight excluding hydrogens is 164 g/mol. The van der Waals surface area contributed by atoms with E-state index in [1.54, 1.807) is 0 Å². The van der Waals surface area contributed by atoms with E-state index < -0.39 is 10.3 Å². The lowest BCUT2D eigenvalue weighted by atomic mass is 10.4. The Kier molecular flexibility index (Phi) is 2.32. The van der Waals surface area contributed by atoms with Crippen molar-refractivity contribution in [3.8, 4) is 0 Å². The van der Waals surface area contributed by atoms with Gasteiger partial charge in [-0.2, -0.15) is 8.42 Å². The lowest BCUT2D eigenvalue weighted by Crippen LogP contribution is -1.99. The molecular formula is C6H6N2O2S. The second-order valence-corrected chi connectivity index (χ2v) is 2.96. The SMILES string of the molecule is CC(c1cnccn1)=S(=O)=O. The van der Waals surface area contributed by atoms with Gasteiger partial charge in [-0.15, -0.1) is 0 Å². The van der Waals surface area contributed by atoms with Crippen molar-refractivity contribution in [3.05, 3.63) is 24.3 Å². The summed E-state index contributed by atoms with van der Waals surface area (Å²) in [5.74, 6) is 0. The molecule has 0 aliphatic carbocycles. The van der Waals surface area contributed by atoms with Crippen LogP contribution in [0.2, 0.25) is 0 Å². The molecule has 0 radical (unpaired) electrons. The Labute approximate surface area is 65.5 Å². The van der Waals surface area contributed by atoms with Gasteiger partial charge in [-0.3, -0.25) is 9.97 Å². The number of hydrogen-bond acceptors (Lipinski definition) is 4. The quantitative estimate of drug-likeness (QED) is 0.436. The zero-order valence-corrected chi connectivity index (χ0v) is 6.67. The highest BCUT2D eigenvalue weighted by atomic mass is 32.2. The number of rotatable bonds is 1. The van der Waals surface area contributed by atoms with Gasteiger partial charge >= 0.3 is 0 Å². The monoisotopic (exact) mass is 170 g/mol. The number of nitrogens with zero attached hydrogens (tertiary/aromatic N) is 2. The Morgan fingerprint density at radius 1 is 1.45 bits per heavy atom. The average molecular weight is 170 g/mol. The Balaban J connectivity index is 3.26. The minimum atomic E-state index is -2.20. The van der Waals surface area contributed by atoms with Crippen LogP contribution in [0.25, 0.3) is 0 Å². The van der Waals surface area contributed by atoms with Gasteiger partial charge in [0, 0.05) is 12.4 Å². The molecule has 0 aromatic carbocycles. The van der Waals surface area contributed by atoms with E-state index in [1.165, 1.54) is 25.5 Å². The summed E-state index contributed by atoms with van der Waals surface area (Å²) in [5.41, 5.74) is 0.390. The molecule has 0 unspecified atom stereocenters. The molecule has 0 saturated carbocycles. The van der Waals surface area contributed by atoms with Gasteiger partial charge in [-0.1, -0.05) is 0 Å². The van der Waals surface area contributed by atoms with Gasteiger partial charge in [0.05, 0.1) is 16.8 Å². The van der Waals surface area contributed by atoms with Crippen molar-refractivity contribution in [2.45, 2.75) is 6.92 Å². The predicted octanol–water partition coefficient (Wildman–Crippen LogP) is -0.104. The highest BCUT2D eigenvalue weighted by molar-refractivity contribution is 7.73. The Morgan fingerprint density at radius 3 is 2.64 bits per heavy atom. The standard InChI is InChI=1S/C6H6N2O2S/c1-5(11(9)10)6-4-7-2-3-8-6/h2-4H,1H3. The summed E-state index contributed by atoms with van der Waals surface area (Å²) in [7, 11) is -2.20. The summed E-state index contributed by atoms with van der Waals surface area (Å²) in [5, 5.41) is 0. The smallest absolute Gasteiger partial charge is 0.219 e. The van der Waals surface area contributed by atoms with Gasteiger partial charge in [0.15, 0.2) is 0 Å². The van der Waals surface area contributed by atoms with Crippen LogP contribution in [-0.4, -0.2) is 23.3 Å². The Bertz CT molecular complexity index is 361. The fourth-order valence-electron chi connectivity index (χ4n) is 0.566. The third kappa shape index (κ3) is 1.84. The van der Waals surface area contributed by atoms with Crippen LogP contribution in [0.3, 0.4) is 0 Å². The van der Waals surface area contributed by atoms with Gasteiger partial charge in [-0.05, 0) is 6.92 Å². The van der Waals surface area contributed by atoms with E-state index in [-0.39, 0.29) is 4.86 Å². The second kappa shape index (κ2) is 3.25. The highest BCUT2D eigenvalue weighted by Gasteiger charge is 1.97. The van der Waals surface area contributed by atoms with Crippen LogP contribution in [0.4, 0.5) is 0 Å². The second-order valence-electron chi connectivity index (χ2n) is 1.88.